The molecule has 0 N–H and O–H groups in total. The third kappa shape index (κ3) is 5.38. The van der Waals surface area contributed by atoms with Crippen molar-refractivity contribution in [1.82, 2.24) is 24.3 Å². The average Bonchev–Trinajstić information content (AvgIpc) is 3.86. The Hall–Kier alpha value is -7.54. The Labute approximate surface area is 337 Å². The van der Waals surface area contributed by atoms with Gasteiger partial charge in [0, 0.05) is 32.2 Å². The summed E-state index contributed by atoms with van der Waals surface area (Å²) >= 11 is 1.81. The molecule has 0 aliphatic rings. The molecule has 0 fully saturated rings. The molecule has 6 heteroatoms. The molecular formula is C52H31N5S. The molecule has 0 bridgehead atoms. The van der Waals surface area contributed by atoms with Gasteiger partial charge in [-0.2, -0.15) is 0 Å². The van der Waals surface area contributed by atoms with Gasteiger partial charge in [0.05, 0.1) is 21.4 Å². The van der Waals surface area contributed by atoms with Crippen LogP contribution >= 0.6 is 11.3 Å². The minimum Gasteiger partial charge on any atom is -0.291 e. The Kier molecular flexibility index (Phi) is 7.33. The molecule has 0 radical (unpaired) electrons. The van der Waals surface area contributed by atoms with Crippen LogP contribution in [0.1, 0.15) is 0 Å². The van der Waals surface area contributed by atoms with Crippen molar-refractivity contribution in [1.29, 1.82) is 0 Å². The summed E-state index contributed by atoms with van der Waals surface area (Å²) in [5, 5.41) is 7.30. The summed E-state index contributed by atoms with van der Waals surface area (Å²) in [4.78, 5) is 20.4. The quantitative estimate of drug-likeness (QED) is 0.164. The molecule has 8 aromatic carbocycles. The maximum atomic E-state index is 5.37. The smallest absolute Gasteiger partial charge is 0.164 e. The van der Waals surface area contributed by atoms with E-state index in [0.29, 0.717) is 17.5 Å². The Bertz CT molecular complexity index is 3540. The highest BCUT2D eigenvalue weighted by Crippen LogP contribution is 2.41. The van der Waals surface area contributed by atoms with E-state index in [-0.39, 0.29) is 0 Å². The minimum atomic E-state index is 0.624. The van der Waals surface area contributed by atoms with E-state index in [4.69, 9.17) is 19.9 Å². The van der Waals surface area contributed by atoms with E-state index in [1.807, 2.05) is 47.7 Å². The van der Waals surface area contributed by atoms with Gasteiger partial charge in [0.15, 0.2) is 23.1 Å². The summed E-state index contributed by atoms with van der Waals surface area (Å²) in [5.41, 5.74) is 10.3. The molecule has 270 valence electrons. The zero-order chi connectivity index (χ0) is 38.2. The Morgan fingerprint density at radius 1 is 0.362 bits per heavy atom. The molecule has 4 heterocycles. The third-order valence-electron chi connectivity index (χ3n) is 11.2. The molecule has 58 heavy (non-hydrogen) atoms. The fourth-order valence-electron chi connectivity index (χ4n) is 8.28. The van der Waals surface area contributed by atoms with Crippen molar-refractivity contribution >= 4 is 69.7 Å². The van der Waals surface area contributed by atoms with Crippen LogP contribution in [0.4, 0.5) is 0 Å². The lowest BCUT2D eigenvalue weighted by atomic mass is 10.0. The molecule has 0 aliphatic heterocycles. The van der Waals surface area contributed by atoms with Gasteiger partial charge in [-0.25, -0.2) is 19.9 Å². The number of rotatable bonds is 5. The monoisotopic (exact) mass is 757 g/mol. The molecule has 12 aromatic rings. The molecule has 4 aromatic heterocycles. The van der Waals surface area contributed by atoms with Gasteiger partial charge in [-0.3, -0.25) is 4.40 Å². The summed E-state index contributed by atoms with van der Waals surface area (Å²) in [6.07, 6.45) is 0. The summed E-state index contributed by atoms with van der Waals surface area (Å²) in [6.45, 7) is 0. The lowest BCUT2D eigenvalue weighted by Crippen LogP contribution is -2.00. The predicted octanol–water partition coefficient (Wildman–Crippen LogP) is 13.7. The van der Waals surface area contributed by atoms with Crippen LogP contribution in [-0.4, -0.2) is 24.3 Å². The summed E-state index contributed by atoms with van der Waals surface area (Å²) < 4.78 is 4.80. The van der Waals surface area contributed by atoms with E-state index in [1.54, 1.807) is 0 Å². The lowest BCUT2D eigenvalue weighted by Gasteiger charge is -2.11. The molecule has 0 saturated heterocycles. The Morgan fingerprint density at radius 2 is 0.862 bits per heavy atom. The van der Waals surface area contributed by atoms with Crippen LogP contribution in [0.3, 0.4) is 0 Å². The fraction of sp³-hybridized carbons (Fsp3) is 0. The van der Waals surface area contributed by atoms with Gasteiger partial charge in [0.1, 0.15) is 0 Å². The average molecular weight is 758 g/mol. The predicted molar refractivity (Wildman–Crippen MR) is 241 cm³/mol. The van der Waals surface area contributed by atoms with Crippen molar-refractivity contribution in [3.8, 4) is 56.5 Å². The zero-order valence-electron chi connectivity index (χ0n) is 31.0. The highest BCUT2D eigenvalue weighted by Gasteiger charge is 2.19. The fourth-order valence-corrected chi connectivity index (χ4v) is 9.44. The largest absolute Gasteiger partial charge is 0.291 e. The highest BCUT2D eigenvalue weighted by atomic mass is 32.1. The summed E-state index contributed by atoms with van der Waals surface area (Å²) in [5.74, 6) is 1.89. The van der Waals surface area contributed by atoms with E-state index in [9.17, 15) is 0 Å². The number of nitrogens with zero attached hydrogens (tertiary/aromatic N) is 5. The topological polar surface area (TPSA) is 56.0 Å². The van der Waals surface area contributed by atoms with Gasteiger partial charge in [0.25, 0.3) is 0 Å². The van der Waals surface area contributed by atoms with E-state index >= 15 is 0 Å². The third-order valence-corrected chi connectivity index (χ3v) is 12.4. The van der Waals surface area contributed by atoms with Gasteiger partial charge >= 0.3 is 0 Å². The molecule has 0 amide bonds. The second-order valence-corrected chi connectivity index (χ2v) is 15.8. The molecule has 0 unspecified atom stereocenters. The molecule has 0 aliphatic carbocycles. The van der Waals surface area contributed by atoms with Crippen LogP contribution in [-0.2, 0) is 0 Å². The maximum absolute atomic E-state index is 5.37. The molecular weight excluding hydrogens is 727 g/mol. The van der Waals surface area contributed by atoms with Crippen molar-refractivity contribution < 1.29 is 0 Å². The first kappa shape index (κ1) is 32.7. The van der Waals surface area contributed by atoms with Crippen LogP contribution in [0, 0.1) is 0 Å². The van der Waals surface area contributed by atoms with E-state index in [0.717, 1.165) is 50.2 Å². The normalized spacial score (nSPS) is 11.8. The van der Waals surface area contributed by atoms with E-state index < -0.39 is 0 Å². The molecule has 0 spiro atoms. The van der Waals surface area contributed by atoms with Gasteiger partial charge in [0.2, 0.25) is 0 Å². The lowest BCUT2D eigenvalue weighted by molar-refractivity contribution is 1.07. The SMILES string of the molecule is c1ccc(-c2ccc(-c3nc(-c4ccccc4)nc(-c4ccc(-c5cc6c7ccccc7sc6c6nc7cc8cc9ccccc9cc8cc7n56)cc4)n3)cc2)cc1. The van der Waals surface area contributed by atoms with Crippen molar-refractivity contribution in [3.05, 3.63) is 188 Å². The second kappa shape index (κ2) is 13.0. The molecule has 0 atom stereocenters. The van der Waals surface area contributed by atoms with Gasteiger partial charge in [-0.15, -0.1) is 11.3 Å². The summed E-state index contributed by atoms with van der Waals surface area (Å²) in [6, 6.07) is 66.3. The summed E-state index contributed by atoms with van der Waals surface area (Å²) in [7, 11) is 0. The van der Waals surface area contributed by atoms with Crippen LogP contribution in [0.5, 0.6) is 0 Å². The van der Waals surface area contributed by atoms with Gasteiger partial charge < -0.3 is 0 Å². The molecule has 12 rings (SSSR count). The van der Waals surface area contributed by atoms with Crippen molar-refractivity contribution in [3.63, 3.8) is 0 Å². The minimum absolute atomic E-state index is 0.624. The van der Waals surface area contributed by atoms with Crippen LogP contribution in [0.25, 0.3) is 115 Å². The molecule has 5 nitrogen and oxygen atoms in total. The number of benzene rings is 8. The number of thiophene rings is 1. The van der Waals surface area contributed by atoms with Gasteiger partial charge in [-0.05, 0) is 74.6 Å². The highest BCUT2D eigenvalue weighted by molar-refractivity contribution is 7.26. The number of aromatic nitrogens is 5. The first-order valence-electron chi connectivity index (χ1n) is 19.4. The number of hydrogen-bond donors (Lipinski definition) is 0. The van der Waals surface area contributed by atoms with Crippen molar-refractivity contribution in [2.45, 2.75) is 0 Å². The van der Waals surface area contributed by atoms with Crippen molar-refractivity contribution in [2.24, 2.45) is 0 Å². The van der Waals surface area contributed by atoms with Crippen LogP contribution in [0.2, 0.25) is 0 Å². The Balaban J connectivity index is 1.02. The number of hydrogen-bond acceptors (Lipinski definition) is 5. The molecule has 0 saturated carbocycles. The first-order valence-corrected chi connectivity index (χ1v) is 20.2. The standard InChI is InChI=1S/C52H31N5S/c1-3-11-32(12-4-1)33-19-23-36(24-20-33)50-54-49(35-13-5-2-6-14-35)55-51(56-50)37-25-21-34(22-26-37)45-31-43-42-17-9-10-18-47(42)58-48(43)52-53-44-29-40-27-38-15-7-8-16-39(38)28-41(40)30-46(44)57(45)52/h1-31H. The Morgan fingerprint density at radius 3 is 1.52 bits per heavy atom. The van der Waals surface area contributed by atoms with E-state index in [1.165, 1.54) is 47.3 Å². The first-order chi connectivity index (χ1) is 28.7. The second-order valence-electron chi connectivity index (χ2n) is 14.7. The van der Waals surface area contributed by atoms with Crippen LogP contribution in [0.15, 0.2) is 188 Å². The van der Waals surface area contributed by atoms with Crippen molar-refractivity contribution in [2.75, 3.05) is 0 Å². The van der Waals surface area contributed by atoms with E-state index in [2.05, 4.69) is 156 Å². The number of pyridine rings is 1. The zero-order valence-corrected chi connectivity index (χ0v) is 31.9. The maximum Gasteiger partial charge on any atom is 0.164 e. The van der Waals surface area contributed by atoms with Gasteiger partial charge in [-0.1, -0.05) is 152 Å². The number of imidazole rings is 1. The number of fused-ring (bicyclic) bond motifs is 9. The van der Waals surface area contributed by atoms with Crippen LogP contribution < -0.4 is 0 Å².